The van der Waals surface area contributed by atoms with Crippen LogP contribution >= 0.6 is 11.3 Å². The minimum Gasteiger partial charge on any atom is -0.497 e. The van der Waals surface area contributed by atoms with Gasteiger partial charge in [0.15, 0.2) is 0 Å². The summed E-state index contributed by atoms with van der Waals surface area (Å²) in [5, 5.41) is 16.2. The van der Waals surface area contributed by atoms with Crippen LogP contribution in [0.5, 0.6) is 5.75 Å². The maximum Gasteiger partial charge on any atom is 0.292 e. The van der Waals surface area contributed by atoms with Crippen LogP contribution in [0.15, 0.2) is 35.7 Å². The number of nitro groups is 1. The molecule has 0 radical (unpaired) electrons. The van der Waals surface area contributed by atoms with Crippen molar-refractivity contribution in [2.75, 3.05) is 12.4 Å². The standard InChI is InChI=1S/C13H14N2O3S/c1-9(13-4-3-7-19-13)14-11-8-10(18-2)5-6-12(11)15(16)17/h3-9,14H,1-2H3. The zero-order valence-corrected chi connectivity index (χ0v) is 11.4. The van der Waals surface area contributed by atoms with E-state index < -0.39 is 4.92 Å². The fourth-order valence-electron chi connectivity index (χ4n) is 1.76. The summed E-state index contributed by atoms with van der Waals surface area (Å²) in [6.07, 6.45) is 0. The Bertz CT molecular complexity index is 569. The molecule has 0 saturated carbocycles. The minimum atomic E-state index is -0.400. The van der Waals surface area contributed by atoms with Gasteiger partial charge in [0.05, 0.1) is 18.1 Å². The summed E-state index contributed by atoms with van der Waals surface area (Å²) in [6.45, 7) is 1.97. The SMILES string of the molecule is COc1ccc([N+](=O)[O-])c(NC(C)c2cccs2)c1. The van der Waals surface area contributed by atoms with E-state index in [1.807, 2.05) is 24.4 Å². The summed E-state index contributed by atoms with van der Waals surface area (Å²) in [4.78, 5) is 11.7. The number of hydrogen-bond acceptors (Lipinski definition) is 5. The summed E-state index contributed by atoms with van der Waals surface area (Å²) < 4.78 is 5.10. The van der Waals surface area contributed by atoms with Crippen molar-refractivity contribution in [2.24, 2.45) is 0 Å². The Morgan fingerprint density at radius 3 is 2.79 bits per heavy atom. The van der Waals surface area contributed by atoms with E-state index in [-0.39, 0.29) is 11.7 Å². The molecule has 0 aliphatic carbocycles. The molecule has 2 aromatic rings. The molecule has 1 N–H and O–H groups in total. The molecule has 1 unspecified atom stereocenters. The Kier molecular flexibility index (Phi) is 4.01. The molecule has 0 fully saturated rings. The van der Waals surface area contributed by atoms with Crippen LogP contribution in [0.3, 0.4) is 0 Å². The van der Waals surface area contributed by atoms with Gasteiger partial charge >= 0.3 is 0 Å². The maximum atomic E-state index is 11.0. The number of thiophene rings is 1. The minimum absolute atomic E-state index is 0.00538. The molecule has 1 aromatic carbocycles. The first-order valence-electron chi connectivity index (χ1n) is 5.74. The van der Waals surface area contributed by atoms with E-state index in [9.17, 15) is 10.1 Å². The number of benzene rings is 1. The van der Waals surface area contributed by atoms with Crippen LogP contribution in [-0.4, -0.2) is 12.0 Å². The summed E-state index contributed by atoms with van der Waals surface area (Å²) >= 11 is 1.61. The number of rotatable bonds is 5. The molecule has 2 rings (SSSR count). The van der Waals surface area contributed by atoms with Gasteiger partial charge in [0.25, 0.3) is 5.69 Å². The van der Waals surface area contributed by atoms with E-state index in [1.165, 1.54) is 13.2 Å². The van der Waals surface area contributed by atoms with Crippen molar-refractivity contribution in [1.29, 1.82) is 0 Å². The summed E-state index contributed by atoms with van der Waals surface area (Å²) in [6, 6.07) is 8.63. The highest BCUT2D eigenvalue weighted by molar-refractivity contribution is 7.10. The van der Waals surface area contributed by atoms with Crippen LogP contribution in [0.1, 0.15) is 17.8 Å². The highest BCUT2D eigenvalue weighted by atomic mass is 32.1. The highest BCUT2D eigenvalue weighted by Gasteiger charge is 2.17. The monoisotopic (exact) mass is 278 g/mol. The first-order chi connectivity index (χ1) is 9.11. The predicted octanol–water partition coefficient (Wildman–Crippen LogP) is 3.84. The van der Waals surface area contributed by atoms with Gasteiger partial charge in [0.1, 0.15) is 11.4 Å². The molecule has 5 nitrogen and oxygen atoms in total. The summed E-state index contributed by atoms with van der Waals surface area (Å²) in [5.74, 6) is 0.589. The molecule has 0 aliphatic rings. The van der Waals surface area contributed by atoms with Crippen molar-refractivity contribution in [3.05, 3.63) is 50.7 Å². The van der Waals surface area contributed by atoms with E-state index in [0.29, 0.717) is 11.4 Å². The number of nitro benzene ring substituents is 1. The third kappa shape index (κ3) is 3.03. The van der Waals surface area contributed by atoms with Crippen LogP contribution in [-0.2, 0) is 0 Å². The molecule has 0 spiro atoms. The topological polar surface area (TPSA) is 64.4 Å². The highest BCUT2D eigenvalue weighted by Crippen LogP contribution is 2.32. The van der Waals surface area contributed by atoms with Crippen LogP contribution in [0.25, 0.3) is 0 Å². The van der Waals surface area contributed by atoms with Crippen molar-refractivity contribution >= 4 is 22.7 Å². The third-order valence-electron chi connectivity index (χ3n) is 2.74. The number of hydrogen-bond donors (Lipinski definition) is 1. The molecule has 0 saturated heterocycles. The van der Waals surface area contributed by atoms with Crippen LogP contribution in [0.2, 0.25) is 0 Å². The lowest BCUT2D eigenvalue weighted by Crippen LogP contribution is -2.07. The van der Waals surface area contributed by atoms with Crippen LogP contribution in [0.4, 0.5) is 11.4 Å². The van der Waals surface area contributed by atoms with Gasteiger partial charge in [-0.15, -0.1) is 11.3 Å². The normalized spacial score (nSPS) is 11.9. The zero-order valence-electron chi connectivity index (χ0n) is 10.6. The van der Waals surface area contributed by atoms with Crippen LogP contribution < -0.4 is 10.1 Å². The fourth-order valence-corrected chi connectivity index (χ4v) is 2.49. The molecule has 1 heterocycles. The first-order valence-corrected chi connectivity index (χ1v) is 6.62. The second-order valence-electron chi connectivity index (χ2n) is 4.02. The zero-order chi connectivity index (χ0) is 13.8. The van der Waals surface area contributed by atoms with E-state index >= 15 is 0 Å². The van der Waals surface area contributed by atoms with E-state index in [4.69, 9.17) is 4.74 Å². The van der Waals surface area contributed by atoms with E-state index in [1.54, 1.807) is 23.5 Å². The fraction of sp³-hybridized carbons (Fsp3) is 0.231. The van der Waals surface area contributed by atoms with Crippen LogP contribution in [0, 0.1) is 10.1 Å². The lowest BCUT2D eigenvalue weighted by molar-refractivity contribution is -0.384. The lowest BCUT2D eigenvalue weighted by atomic mass is 10.2. The van der Waals surface area contributed by atoms with Gasteiger partial charge in [-0.25, -0.2) is 0 Å². The number of nitrogens with zero attached hydrogens (tertiary/aromatic N) is 1. The number of methoxy groups -OCH3 is 1. The van der Waals surface area contributed by atoms with Crippen molar-refractivity contribution in [1.82, 2.24) is 0 Å². The van der Waals surface area contributed by atoms with Crippen molar-refractivity contribution in [2.45, 2.75) is 13.0 Å². The van der Waals surface area contributed by atoms with Gasteiger partial charge < -0.3 is 10.1 Å². The molecule has 1 aromatic heterocycles. The molecular formula is C13H14N2O3S. The van der Waals surface area contributed by atoms with Gasteiger partial charge in [-0.05, 0) is 24.4 Å². The van der Waals surface area contributed by atoms with Gasteiger partial charge in [-0.2, -0.15) is 0 Å². The first kappa shape index (κ1) is 13.4. The molecule has 1 atom stereocenters. The van der Waals surface area contributed by atoms with Gasteiger partial charge in [0, 0.05) is 17.0 Å². The number of anilines is 1. The largest absolute Gasteiger partial charge is 0.497 e. The molecular weight excluding hydrogens is 264 g/mol. The molecule has 0 aliphatic heterocycles. The van der Waals surface area contributed by atoms with Crippen molar-refractivity contribution in [3.8, 4) is 5.75 Å². The Labute approximate surface area is 115 Å². The summed E-state index contributed by atoms with van der Waals surface area (Å²) in [7, 11) is 1.54. The molecule has 6 heteroatoms. The van der Waals surface area contributed by atoms with Gasteiger partial charge in [-0.3, -0.25) is 10.1 Å². The Morgan fingerprint density at radius 2 is 2.21 bits per heavy atom. The summed E-state index contributed by atoms with van der Waals surface area (Å²) in [5.41, 5.74) is 0.509. The van der Waals surface area contributed by atoms with Crippen molar-refractivity contribution in [3.63, 3.8) is 0 Å². The smallest absolute Gasteiger partial charge is 0.292 e. The molecule has 0 amide bonds. The lowest BCUT2D eigenvalue weighted by Gasteiger charge is -2.14. The second-order valence-corrected chi connectivity index (χ2v) is 5.00. The molecule has 0 bridgehead atoms. The molecule has 100 valence electrons. The van der Waals surface area contributed by atoms with E-state index in [2.05, 4.69) is 5.32 Å². The Hall–Kier alpha value is -2.08. The Morgan fingerprint density at radius 1 is 1.42 bits per heavy atom. The average molecular weight is 278 g/mol. The third-order valence-corrected chi connectivity index (χ3v) is 3.80. The van der Waals surface area contributed by atoms with E-state index in [0.717, 1.165) is 4.88 Å². The second kappa shape index (κ2) is 5.71. The number of ether oxygens (including phenoxy) is 1. The predicted molar refractivity (Wildman–Crippen MR) is 76.0 cm³/mol. The molecule has 19 heavy (non-hydrogen) atoms. The quantitative estimate of drug-likeness (QED) is 0.666. The number of nitrogens with one attached hydrogen (secondary N) is 1. The average Bonchev–Trinajstić information content (AvgIpc) is 2.92. The maximum absolute atomic E-state index is 11.0. The van der Waals surface area contributed by atoms with Gasteiger partial charge in [-0.1, -0.05) is 6.07 Å². The van der Waals surface area contributed by atoms with Gasteiger partial charge in [0.2, 0.25) is 0 Å². The van der Waals surface area contributed by atoms with Crippen molar-refractivity contribution < 1.29 is 9.66 Å². The Balaban J connectivity index is 2.29.